The van der Waals surface area contributed by atoms with E-state index in [-0.39, 0.29) is 18.1 Å². The summed E-state index contributed by atoms with van der Waals surface area (Å²) in [5.41, 5.74) is 0.662. The van der Waals surface area contributed by atoms with Crippen molar-refractivity contribution in [1.29, 1.82) is 0 Å². The summed E-state index contributed by atoms with van der Waals surface area (Å²) in [6.07, 6.45) is 9.68. The van der Waals surface area contributed by atoms with Crippen LogP contribution in [0.5, 0.6) is 0 Å². The van der Waals surface area contributed by atoms with Gasteiger partial charge in [-0.25, -0.2) is 0 Å². The van der Waals surface area contributed by atoms with Crippen LogP contribution in [0.1, 0.15) is 92.4 Å². The Hall–Kier alpha value is -0.0800. The van der Waals surface area contributed by atoms with E-state index in [1.165, 1.54) is 12.8 Å². The molecule has 2 heteroatoms. The van der Waals surface area contributed by atoms with Gasteiger partial charge in [0.2, 0.25) is 0 Å². The number of rotatable bonds is 11. The highest BCUT2D eigenvalue weighted by Gasteiger charge is 2.16. The average molecular weight is 286 g/mol. The molecular formula is C18H38O2. The Morgan fingerprint density at radius 1 is 0.750 bits per heavy atom. The SMILES string of the molecule is CC(C)(C)CCCCC(O)CCCCC(C)(C)CCO. The van der Waals surface area contributed by atoms with E-state index in [4.69, 9.17) is 5.11 Å². The Balaban J connectivity index is 3.52. The quantitative estimate of drug-likeness (QED) is 0.529. The summed E-state index contributed by atoms with van der Waals surface area (Å²) in [4.78, 5) is 0. The molecule has 1 unspecified atom stereocenters. The Labute approximate surface area is 127 Å². The number of hydrogen-bond donors (Lipinski definition) is 2. The minimum absolute atomic E-state index is 0.115. The maximum absolute atomic E-state index is 9.97. The molecule has 0 aromatic carbocycles. The van der Waals surface area contributed by atoms with E-state index in [1.807, 2.05) is 0 Å². The Kier molecular flexibility index (Phi) is 9.74. The van der Waals surface area contributed by atoms with Crippen molar-refractivity contribution in [2.45, 2.75) is 98.5 Å². The summed E-state index contributed by atoms with van der Waals surface area (Å²) in [5.74, 6) is 0. The summed E-state index contributed by atoms with van der Waals surface area (Å²) in [6, 6.07) is 0. The van der Waals surface area contributed by atoms with Gasteiger partial charge in [0.05, 0.1) is 6.10 Å². The normalized spacial score (nSPS) is 14.6. The van der Waals surface area contributed by atoms with Gasteiger partial charge in [-0.15, -0.1) is 0 Å². The highest BCUT2D eigenvalue weighted by atomic mass is 16.3. The monoisotopic (exact) mass is 286 g/mol. The van der Waals surface area contributed by atoms with E-state index in [0.29, 0.717) is 5.41 Å². The van der Waals surface area contributed by atoms with Gasteiger partial charge in [0.1, 0.15) is 0 Å². The van der Waals surface area contributed by atoms with Crippen LogP contribution in [-0.4, -0.2) is 22.9 Å². The summed E-state index contributed by atoms with van der Waals surface area (Å²) >= 11 is 0. The smallest absolute Gasteiger partial charge is 0.0540 e. The molecule has 0 rings (SSSR count). The van der Waals surface area contributed by atoms with E-state index >= 15 is 0 Å². The summed E-state index contributed by atoms with van der Waals surface area (Å²) in [7, 11) is 0. The van der Waals surface area contributed by atoms with Crippen LogP contribution in [-0.2, 0) is 0 Å². The highest BCUT2D eigenvalue weighted by molar-refractivity contribution is 4.69. The van der Waals surface area contributed by atoms with E-state index in [9.17, 15) is 5.11 Å². The first kappa shape index (κ1) is 19.9. The topological polar surface area (TPSA) is 40.5 Å². The molecule has 2 N–H and O–H groups in total. The Morgan fingerprint density at radius 2 is 1.25 bits per heavy atom. The van der Waals surface area contributed by atoms with Gasteiger partial charge < -0.3 is 10.2 Å². The van der Waals surface area contributed by atoms with Gasteiger partial charge in [-0.05, 0) is 42.9 Å². The molecule has 0 aliphatic rings. The van der Waals surface area contributed by atoms with Crippen LogP contribution in [0.3, 0.4) is 0 Å². The molecule has 0 aliphatic heterocycles. The fraction of sp³-hybridized carbons (Fsp3) is 1.00. The van der Waals surface area contributed by atoms with Gasteiger partial charge in [-0.3, -0.25) is 0 Å². The predicted octanol–water partition coefficient (Wildman–Crippen LogP) is 4.92. The van der Waals surface area contributed by atoms with Crippen LogP contribution in [0, 0.1) is 10.8 Å². The lowest BCUT2D eigenvalue weighted by atomic mass is 9.84. The first-order valence-electron chi connectivity index (χ1n) is 8.45. The van der Waals surface area contributed by atoms with Crippen LogP contribution < -0.4 is 0 Å². The minimum atomic E-state index is -0.115. The molecule has 0 heterocycles. The lowest BCUT2D eigenvalue weighted by Crippen LogP contribution is -2.14. The number of unbranched alkanes of at least 4 members (excludes halogenated alkanes) is 2. The minimum Gasteiger partial charge on any atom is -0.396 e. The second-order valence-corrected chi connectivity index (χ2v) is 8.34. The predicted molar refractivity (Wildman–Crippen MR) is 87.9 cm³/mol. The van der Waals surface area contributed by atoms with Gasteiger partial charge in [0.25, 0.3) is 0 Å². The molecule has 0 radical (unpaired) electrons. The van der Waals surface area contributed by atoms with Crippen LogP contribution in [0.15, 0.2) is 0 Å². The molecule has 0 spiro atoms. The van der Waals surface area contributed by atoms with E-state index < -0.39 is 0 Å². The molecule has 20 heavy (non-hydrogen) atoms. The van der Waals surface area contributed by atoms with Crippen molar-refractivity contribution in [3.63, 3.8) is 0 Å². The van der Waals surface area contributed by atoms with Gasteiger partial charge in [-0.2, -0.15) is 0 Å². The molecule has 122 valence electrons. The molecule has 0 saturated carbocycles. The van der Waals surface area contributed by atoms with Gasteiger partial charge in [-0.1, -0.05) is 60.3 Å². The Morgan fingerprint density at radius 3 is 1.70 bits per heavy atom. The molecular weight excluding hydrogens is 248 g/mol. The lowest BCUT2D eigenvalue weighted by Gasteiger charge is -2.23. The second kappa shape index (κ2) is 9.78. The number of aliphatic hydroxyl groups excluding tert-OH is 2. The molecule has 1 atom stereocenters. The van der Waals surface area contributed by atoms with Crippen molar-refractivity contribution < 1.29 is 10.2 Å². The van der Waals surface area contributed by atoms with E-state index in [2.05, 4.69) is 34.6 Å². The molecule has 0 aromatic heterocycles. The average Bonchev–Trinajstić information content (AvgIpc) is 2.29. The van der Waals surface area contributed by atoms with Crippen LogP contribution >= 0.6 is 0 Å². The summed E-state index contributed by atoms with van der Waals surface area (Å²) in [5, 5.41) is 19.0. The van der Waals surface area contributed by atoms with Gasteiger partial charge in [0.15, 0.2) is 0 Å². The summed E-state index contributed by atoms with van der Waals surface area (Å²) < 4.78 is 0. The van der Waals surface area contributed by atoms with Crippen LogP contribution in [0.2, 0.25) is 0 Å². The fourth-order valence-electron chi connectivity index (χ4n) is 2.59. The second-order valence-electron chi connectivity index (χ2n) is 8.34. The van der Waals surface area contributed by atoms with E-state index in [1.54, 1.807) is 0 Å². The molecule has 0 amide bonds. The van der Waals surface area contributed by atoms with Crippen molar-refractivity contribution in [3.8, 4) is 0 Å². The Bertz CT molecular complexity index is 228. The van der Waals surface area contributed by atoms with Gasteiger partial charge >= 0.3 is 0 Å². The number of hydrogen-bond acceptors (Lipinski definition) is 2. The van der Waals surface area contributed by atoms with Crippen molar-refractivity contribution in [2.75, 3.05) is 6.61 Å². The molecule has 0 fully saturated rings. The maximum atomic E-state index is 9.97. The summed E-state index contributed by atoms with van der Waals surface area (Å²) in [6.45, 7) is 11.5. The van der Waals surface area contributed by atoms with E-state index in [0.717, 1.165) is 44.9 Å². The molecule has 0 bridgehead atoms. The zero-order valence-electron chi connectivity index (χ0n) is 14.5. The molecule has 2 nitrogen and oxygen atoms in total. The zero-order chi connectivity index (χ0) is 15.6. The van der Waals surface area contributed by atoms with Crippen molar-refractivity contribution in [1.82, 2.24) is 0 Å². The third-order valence-electron chi connectivity index (χ3n) is 4.14. The maximum Gasteiger partial charge on any atom is 0.0540 e. The molecule has 0 aliphatic carbocycles. The third-order valence-corrected chi connectivity index (χ3v) is 4.14. The molecule has 0 saturated heterocycles. The van der Waals surface area contributed by atoms with Crippen LogP contribution in [0.25, 0.3) is 0 Å². The van der Waals surface area contributed by atoms with Gasteiger partial charge in [0, 0.05) is 6.61 Å². The lowest BCUT2D eigenvalue weighted by molar-refractivity contribution is 0.141. The van der Waals surface area contributed by atoms with Crippen molar-refractivity contribution in [2.24, 2.45) is 10.8 Å². The zero-order valence-corrected chi connectivity index (χ0v) is 14.5. The van der Waals surface area contributed by atoms with Crippen molar-refractivity contribution >= 4 is 0 Å². The first-order valence-corrected chi connectivity index (χ1v) is 8.45. The molecule has 0 aromatic rings. The van der Waals surface area contributed by atoms with Crippen LogP contribution in [0.4, 0.5) is 0 Å². The third kappa shape index (κ3) is 12.9. The van der Waals surface area contributed by atoms with Crippen molar-refractivity contribution in [3.05, 3.63) is 0 Å². The number of aliphatic hydroxyl groups is 2. The largest absolute Gasteiger partial charge is 0.396 e. The first-order chi connectivity index (χ1) is 9.16. The highest BCUT2D eigenvalue weighted by Crippen LogP contribution is 2.27. The fourth-order valence-corrected chi connectivity index (χ4v) is 2.59. The standard InChI is InChI=1S/C18H38O2/c1-17(2,3)12-8-6-10-16(20)11-7-9-13-18(4,5)14-15-19/h16,19-20H,6-15H2,1-5H3.